The number of piperidine rings is 1. The first-order valence-corrected chi connectivity index (χ1v) is 7.40. The van der Waals surface area contributed by atoms with E-state index in [1.165, 1.54) is 6.07 Å². The normalized spacial score (nSPS) is 18.5. The summed E-state index contributed by atoms with van der Waals surface area (Å²) in [5.74, 6) is 0.713. The second-order valence-electron chi connectivity index (χ2n) is 5.73. The molecule has 2 heterocycles. The first kappa shape index (κ1) is 14.7. The standard InChI is InChI=1S/C16H18FN3O2/c1-10-5-6-12(8-14(10)17)16(21)20-7-3-4-13(9-20)15-18-11(2)19-22-15/h5-6,8,13H,3-4,7,9H2,1-2H3/t13-/m1/s1. The molecule has 0 radical (unpaired) electrons. The number of nitrogens with zero attached hydrogens (tertiary/aromatic N) is 3. The van der Waals surface area contributed by atoms with Crippen molar-refractivity contribution in [2.75, 3.05) is 13.1 Å². The summed E-state index contributed by atoms with van der Waals surface area (Å²) in [6.07, 6.45) is 1.78. The molecular formula is C16H18FN3O2. The van der Waals surface area contributed by atoms with E-state index in [4.69, 9.17) is 4.52 Å². The van der Waals surface area contributed by atoms with Crippen LogP contribution in [0.3, 0.4) is 0 Å². The zero-order valence-corrected chi connectivity index (χ0v) is 12.7. The molecule has 1 atom stereocenters. The predicted molar refractivity (Wildman–Crippen MR) is 78.1 cm³/mol. The minimum Gasteiger partial charge on any atom is -0.339 e. The Morgan fingerprint density at radius 3 is 2.91 bits per heavy atom. The van der Waals surface area contributed by atoms with E-state index >= 15 is 0 Å². The number of aryl methyl sites for hydroxylation is 2. The molecule has 3 rings (SSSR count). The van der Waals surface area contributed by atoms with Crippen molar-refractivity contribution in [2.24, 2.45) is 0 Å². The monoisotopic (exact) mass is 303 g/mol. The number of aromatic nitrogens is 2. The molecule has 0 unspecified atom stereocenters. The van der Waals surface area contributed by atoms with E-state index in [0.29, 0.717) is 35.9 Å². The van der Waals surface area contributed by atoms with Gasteiger partial charge in [-0.3, -0.25) is 4.79 Å². The molecule has 6 heteroatoms. The van der Waals surface area contributed by atoms with E-state index in [1.807, 2.05) is 0 Å². The van der Waals surface area contributed by atoms with Crippen LogP contribution in [0.15, 0.2) is 22.7 Å². The van der Waals surface area contributed by atoms with Crippen LogP contribution in [0.1, 0.15) is 46.4 Å². The van der Waals surface area contributed by atoms with Gasteiger partial charge in [0.2, 0.25) is 5.89 Å². The third kappa shape index (κ3) is 2.86. The molecule has 0 N–H and O–H groups in total. The lowest BCUT2D eigenvalue weighted by atomic mass is 9.97. The largest absolute Gasteiger partial charge is 0.339 e. The Kier molecular flexibility index (Phi) is 3.92. The van der Waals surface area contributed by atoms with Crippen molar-refractivity contribution in [3.63, 3.8) is 0 Å². The number of likely N-dealkylation sites (tertiary alicyclic amines) is 1. The van der Waals surface area contributed by atoms with Gasteiger partial charge >= 0.3 is 0 Å². The number of halogens is 1. The van der Waals surface area contributed by atoms with Gasteiger partial charge in [-0.1, -0.05) is 11.2 Å². The molecule has 0 spiro atoms. The molecule has 1 saturated heterocycles. The van der Waals surface area contributed by atoms with Gasteiger partial charge in [-0.05, 0) is 44.4 Å². The topological polar surface area (TPSA) is 59.2 Å². The smallest absolute Gasteiger partial charge is 0.253 e. The molecule has 1 aliphatic heterocycles. The first-order valence-electron chi connectivity index (χ1n) is 7.40. The summed E-state index contributed by atoms with van der Waals surface area (Å²) in [5.41, 5.74) is 0.917. The van der Waals surface area contributed by atoms with E-state index in [9.17, 15) is 9.18 Å². The zero-order valence-electron chi connectivity index (χ0n) is 12.7. The predicted octanol–water partition coefficient (Wildman–Crippen LogP) is 2.85. The lowest BCUT2D eigenvalue weighted by Crippen LogP contribution is -2.39. The molecule has 0 saturated carbocycles. The number of carbonyl (C=O) groups is 1. The van der Waals surface area contributed by atoms with Crippen LogP contribution in [-0.2, 0) is 0 Å². The van der Waals surface area contributed by atoms with E-state index in [-0.39, 0.29) is 17.6 Å². The second-order valence-corrected chi connectivity index (χ2v) is 5.73. The number of hydrogen-bond acceptors (Lipinski definition) is 4. The first-order chi connectivity index (χ1) is 10.5. The molecule has 2 aromatic rings. The van der Waals surface area contributed by atoms with Crippen molar-refractivity contribution in [1.29, 1.82) is 0 Å². The molecule has 1 aliphatic rings. The van der Waals surface area contributed by atoms with Crippen LogP contribution in [0.25, 0.3) is 0 Å². The molecule has 116 valence electrons. The summed E-state index contributed by atoms with van der Waals surface area (Å²) < 4.78 is 18.9. The highest BCUT2D eigenvalue weighted by Gasteiger charge is 2.29. The van der Waals surface area contributed by atoms with Crippen LogP contribution in [0.5, 0.6) is 0 Å². The van der Waals surface area contributed by atoms with Crippen molar-refractivity contribution in [1.82, 2.24) is 15.0 Å². The molecule has 22 heavy (non-hydrogen) atoms. The molecule has 1 aromatic carbocycles. The molecule has 5 nitrogen and oxygen atoms in total. The maximum Gasteiger partial charge on any atom is 0.253 e. The highest BCUT2D eigenvalue weighted by molar-refractivity contribution is 5.94. The van der Waals surface area contributed by atoms with E-state index in [0.717, 1.165) is 12.8 Å². The van der Waals surface area contributed by atoms with Gasteiger partial charge in [0.05, 0.1) is 5.92 Å². The van der Waals surface area contributed by atoms with Gasteiger partial charge in [0, 0.05) is 18.7 Å². The minimum absolute atomic E-state index is 0.0502. The Balaban J connectivity index is 1.76. The van der Waals surface area contributed by atoms with Crippen LogP contribution in [-0.4, -0.2) is 34.0 Å². The lowest BCUT2D eigenvalue weighted by Gasteiger charge is -2.31. The van der Waals surface area contributed by atoms with Gasteiger partial charge in [-0.15, -0.1) is 0 Å². The van der Waals surface area contributed by atoms with E-state index in [2.05, 4.69) is 10.1 Å². The number of carbonyl (C=O) groups excluding carboxylic acids is 1. The van der Waals surface area contributed by atoms with Gasteiger partial charge in [-0.25, -0.2) is 4.39 Å². The second kappa shape index (κ2) is 5.87. The highest BCUT2D eigenvalue weighted by atomic mass is 19.1. The number of rotatable bonds is 2. The van der Waals surface area contributed by atoms with Crippen LogP contribution in [0, 0.1) is 19.7 Å². The summed E-state index contributed by atoms with van der Waals surface area (Å²) in [6.45, 7) is 4.64. The van der Waals surface area contributed by atoms with Gasteiger partial charge in [0.15, 0.2) is 5.82 Å². The van der Waals surface area contributed by atoms with Gasteiger partial charge in [0.1, 0.15) is 5.82 Å². The Hall–Kier alpha value is -2.24. The van der Waals surface area contributed by atoms with Gasteiger partial charge < -0.3 is 9.42 Å². The molecule has 0 aliphatic carbocycles. The fourth-order valence-electron chi connectivity index (χ4n) is 2.75. The van der Waals surface area contributed by atoms with Gasteiger partial charge in [-0.2, -0.15) is 4.98 Å². The third-order valence-electron chi connectivity index (χ3n) is 4.02. The van der Waals surface area contributed by atoms with Gasteiger partial charge in [0.25, 0.3) is 5.91 Å². The Morgan fingerprint density at radius 2 is 2.23 bits per heavy atom. The average molecular weight is 303 g/mol. The Morgan fingerprint density at radius 1 is 1.41 bits per heavy atom. The van der Waals surface area contributed by atoms with Crippen LogP contribution < -0.4 is 0 Å². The lowest BCUT2D eigenvalue weighted by molar-refractivity contribution is 0.0695. The van der Waals surface area contributed by atoms with E-state index in [1.54, 1.807) is 30.9 Å². The number of hydrogen-bond donors (Lipinski definition) is 0. The van der Waals surface area contributed by atoms with Crippen molar-refractivity contribution >= 4 is 5.91 Å². The van der Waals surface area contributed by atoms with Crippen molar-refractivity contribution in [3.05, 3.63) is 46.9 Å². The number of benzene rings is 1. The Labute approximate surface area is 128 Å². The maximum atomic E-state index is 13.6. The van der Waals surface area contributed by atoms with Crippen molar-refractivity contribution < 1.29 is 13.7 Å². The van der Waals surface area contributed by atoms with Crippen LogP contribution >= 0.6 is 0 Å². The highest BCUT2D eigenvalue weighted by Crippen LogP contribution is 2.26. The van der Waals surface area contributed by atoms with Crippen LogP contribution in [0.2, 0.25) is 0 Å². The average Bonchev–Trinajstić information content (AvgIpc) is 2.96. The molecule has 0 bridgehead atoms. The summed E-state index contributed by atoms with van der Waals surface area (Å²) in [7, 11) is 0. The summed E-state index contributed by atoms with van der Waals surface area (Å²) in [4.78, 5) is 18.5. The fourth-order valence-corrected chi connectivity index (χ4v) is 2.75. The molecule has 1 amide bonds. The maximum absolute atomic E-state index is 13.6. The third-order valence-corrected chi connectivity index (χ3v) is 4.02. The van der Waals surface area contributed by atoms with Crippen LogP contribution in [0.4, 0.5) is 4.39 Å². The number of amides is 1. The molecule has 1 aromatic heterocycles. The molecular weight excluding hydrogens is 285 g/mol. The zero-order chi connectivity index (χ0) is 15.7. The van der Waals surface area contributed by atoms with E-state index < -0.39 is 0 Å². The summed E-state index contributed by atoms with van der Waals surface area (Å²) >= 11 is 0. The minimum atomic E-state index is -0.355. The summed E-state index contributed by atoms with van der Waals surface area (Å²) in [5, 5.41) is 3.80. The Bertz CT molecular complexity index is 698. The SMILES string of the molecule is Cc1noc([C@@H]2CCCN(C(=O)c3ccc(C)c(F)c3)C2)n1. The van der Waals surface area contributed by atoms with Crippen molar-refractivity contribution in [3.8, 4) is 0 Å². The molecule has 1 fully saturated rings. The van der Waals surface area contributed by atoms with Crippen molar-refractivity contribution in [2.45, 2.75) is 32.6 Å². The summed E-state index contributed by atoms with van der Waals surface area (Å²) in [6, 6.07) is 4.60. The fraction of sp³-hybridized carbons (Fsp3) is 0.438. The quantitative estimate of drug-likeness (QED) is 0.856.